The standard InChI is InChI=1S/C30H37N3O6S/c1-28(2)22-12-14-30(28,26(19-22)31-27(34)39-24-9-7-23(8-10-24)33(35)36)20-40(37,38)32-17-15-29(16-18-32)13-11-21-5-3-4-6-25(21)29/h3-10,22,26H,11-20H2,1-2H3,(H,31,34)/t22?,26?,30-/m1/s1. The maximum Gasteiger partial charge on any atom is 0.412 e. The largest absolute Gasteiger partial charge is 0.412 e. The number of benzene rings is 2. The molecule has 9 nitrogen and oxygen atoms in total. The number of non-ortho nitro benzene ring substituents is 1. The van der Waals surface area contributed by atoms with Gasteiger partial charge >= 0.3 is 6.09 Å². The molecule has 214 valence electrons. The molecule has 1 saturated heterocycles. The molecule has 3 aliphatic carbocycles. The van der Waals surface area contributed by atoms with Crippen LogP contribution in [0.1, 0.15) is 63.5 Å². The molecule has 1 amide bonds. The number of ether oxygens (including phenoxy) is 1. The third kappa shape index (κ3) is 4.31. The molecule has 1 spiro atoms. The molecule has 0 radical (unpaired) electrons. The molecular formula is C30H37N3O6S. The highest BCUT2D eigenvalue weighted by molar-refractivity contribution is 7.89. The van der Waals surface area contributed by atoms with E-state index < -0.39 is 26.5 Å². The maximum absolute atomic E-state index is 14.0. The number of nitro groups is 1. The summed E-state index contributed by atoms with van der Waals surface area (Å²) in [5, 5.41) is 13.9. The van der Waals surface area contributed by atoms with Crippen LogP contribution in [0, 0.1) is 26.9 Å². The number of amides is 1. The van der Waals surface area contributed by atoms with Gasteiger partial charge in [-0.15, -0.1) is 0 Å². The van der Waals surface area contributed by atoms with E-state index in [-0.39, 0.29) is 34.1 Å². The Morgan fingerprint density at radius 1 is 1.07 bits per heavy atom. The number of hydrogen-bond donors (Lipinski definition) is 1. The van der Waals surface area contributed by atoms with Crippen molar-refractivity contribution in [3.8, 4) is 5.75 Å². The third-order valence-electron chi connectivity index (χ3n) is 11.0. The number of aryl methyl sites for hydroxylation is 1. The van der Waals surface area contributed by atoms with Crippen LogP contribution in [-0.2, 0) is 21.9 Å². The third-order valence-corrected chi connectivity index (χ3v) is 13.0. The van der Waals surface area contributed by atoms with E-state index in [9.17, 15) is 23.3 Å². The number of nitrogens with zero attached hydrogens (tertiary/aromatic N) is 2. The van der Waals surface area contributed by atoms with E-state index in [4.69, 9.17) is 4.74 Å². The molecule has 1 heterocycles. The van der Waals surface area contributed by atoms with Gasteiger partial charge in [0.05, 0.1) is 10.7 Å². The van der Waals surface area contributed by atoms with Crippen molar-refractivity contribution < 1.29 is 22.9 Å². The van der Waals surface area contributed by atoms with Crippen molar-refractivity contribution >= 4 is 21.8 Å². The van der Waals surface area contributed by atoms with Crippen LogP contribution in [0.5, 0.6) is 5.75 Å². The second kappa shape index (κ2) is 9.55. The first kappa shape index (κ1) is 27.2. The van der Waals surface area contributed by atoms with Gasteiger partial charge in [0, 0.05) is 36.7 Å². The molecule has 2 bridgehead atoms. The Morgan fingerprint density at radius 3 is 2.45 bits per heavy atom. The Labute approximate surface area is 235 Å². The Hall–Kier alpha value is -2.98. The topological polar surface area (TPSA) is 119 Å². The zero-order chi connectivity index (χ0) is 28.3. The molecular weight excluding hydrogens is 530 g/mol. The molecule has 40 heavy (non-hydrogen) atoms. The van der Waals surface area contributed by atoms with Gasteiger partial charge in [-0.25, -0.2) is 17.5 Å². The minimum Gasteiger partial charge on any atom is -0.410 e. The molecule has 2 aromatic carbocycles. The molecule has 0 aromatic heterocycles. The van der Waals surface area contributed by atoms with Crippen LogP contribution in [0.15, 0.2) is 48.5 Å². The van der Waals surface area contributed by atoms with E-state index >= 15 is 0 Å². The van der Waals surface area contributed by atoms with Gasteiger partial charge < -0.3 is 10.1 Å². The van der Waals surface area contributed by atoms with Crippen LogP contribution in [0.25, 0.3) is 0 Å². The normalized spacial score (nSPS) is 28.4. The fraction of sp³-hybridized carbons (Fsp3) is 0.567. The SMILES string of the molecule is CC1(C)C2CC[C@@]1(CS(=O)(=O)N1CCC3(CCc4ccccc43)CC1)C(NC(=O)Oc1ccc([N+](=O)[O-])cc1)C2. The van der Waals surface area contributed by atoms with Gasteiger partial charge in [-0.3, -0.25) is 10.1 Å². The number of piperidine rings is 1. The van der Waals surface area contributed by atoms with E-state index in [1.54, 1.807) is 4.31 Å². The zero-order valence-corrected chi connectivity index (χ0v) is 23.9. The van der Waals surface area contributed by atoms with Gasteiger partial charge in [-0.1, -0.05) is 38.1 Å². The zero-order valence-electron chi connectivity index (χ0n) is 23.1. The monoisotopic (exact) mass is 567 g/mol. The Morgan fingerprint density at radius 2 is 1.77 bits per heavy atom. The van der Waals surface area contributed by atoms with Gasteiger partial charge in [0.1, 0.15) is 5.75 Å². The van der Waals surface area contributed by atoms with Crippen molar-refractivity contribution in [1.29, 1.82) is 0 Å². The fourth-order valence-electron chi connectivity index (χ4n) is 8.43. The number of rotatable bonds is 6. The van der Waals surface area contributed by atoms with Crippen molar-refractivity contribution in [3.05, 3.63) is 69.8 Å². The van der Waals surface area contributed by atoms with E-state index in [1.165, 1.54) is 35.4 Å². The lowest BCUT2D eigenvalue weighted by atomic mass is 9.69. The number of nitrogens with one attached hydrogen (secondary N) is 1. The lowest BCUT2D eigenvalue weighted by Gasteiger charge is -2.45. The first-order chi connectivity index (χ1) is 19.0. The molecule has 10 heteroatoms. The second-order valence-corrected chi connectivity index (χ2v) is 14.7. The molecule has 1 N–H and O–H groups in total. The molecule has 2 aromatic rings. The highest BCUT2D eigenvalue weighted by atomic mass is 32.2. The molecule has 3 atom stereocenters. The van der Waals surface area contributed by atoms with Crippen molar-refractivity contribution in [2.75, 3.05) is 18.8 Å². The summed E-state index contributed by atoms with van der Waals surface area (Å²) in [6, 6.07) is 13.6. The van der Waals surface area contributed by atoms with Gasteiger partial charge in [0.25, 0.3) is 5.69 Å². The molecule has 2 saturated carbocycles. The summed E-state index contributed by atoms with van der Waals surface area (Å²) in [7, 11) is -3.57. The quantitative estimate of drug-likeness (QED) is 0.379. The highest BCUT2D eigenvalue weighted by Crippen LogP contribution is 2.66. The Balaban J connectivity index is 1.16. The lowest BCUT2D eigenvalue weighted by molar-refractivity contribution is -0.384. The predicted molar refractivity (Wildman–Crippen MR) is 151 cm³/mol. The van der Waals surface area contributed by atoms with Gasteiger partial charge in [0.2, 0.25) is 10.0 Å². The van der Waals surface area contributed by atoms with Crippen LogP contribution in [0.2, 0.25) is 0 Å². The molecule has 3 fully saturated rings. The van der Waals surface area contributed by atoms with Crippen LogP contribution in [-0.4, -0.2) is 48.6 Å². The summed E-state index contributed by atoms with van der Waals surface area (Å²) in [6.45, 7) is 5.34. The van der Waals surface area contributed by atoms with Gasteiger partial charge in [0.15, 0.2) is 0 Å². The van der Waals surface area contributed by atoms with Crippen molar-refractivity contribution in [3.63, 3.8) is 0 Å². The fourth-order valence-corrected chi connectivity index (χ4v) is 10.7. The number of carbonyl (C=O) groups is 1. The van der Waals surface area contributed by atoms with Crippen LogP contribution >= 0.6 is 0 Å². The first-order valence-electron chi connectivity index (χ1n) is 14.2. The summed E-state index contributed by atoms with van der Waals surface area (Å²) in [6.07, 6.45) is 5.54. The number of carbonyl (C=O) groups excluding carboxylic acids is 1. The summed E-state index contributed by atoms with van der Waals surface area (Å²) in [4.78, 5) is 23.3. The Kier molecular flexibility index (Phi) is 6.49. The first-order valence-corrected chi connectivity index (χ1v) is 15.9. The Bertz CT molecular complexity index is 1430. The minimum absolute atomic E-state index is 0.00949. The van der Waals surface area contributed by atoms with Gasteiger partial charge in [-0.05, 0) is 85.0 Å². The van der Waals surface area contributed by atoms with E-state index in [0.29, 0.717) is 25.4 Å². The number of hydrogen-bond acceptors (Lipinski definition) is 6. The van der Waals surface area contributed by atoms with Gasteiger partial charge in [-0.2, -0.15) is 0 Å². The number of nitro benzene ring substituents is 1. The average molecular weight is 568 g/mol. The van der Waals surface area contributed by atoms with Crippen molar-refractivity contribution in [1.82, 2.24) is 9.62 Å². The molecule has 4 aliphatic rings. The minimum atomic E-state index is -3.57. The highest BCUT2D eigenvalue weighted by Gasteiger charge is 2.66. The summed E-state index contributed by atoms with van der Waals surface area (Å²) < 4.78 is 35.1. The molecule has 1 aliphatic heterocycles. The second-order valence-electron chi connectivity index (χ2n) is 12.8. The van der Waals surface area contributed by atoms with E-state index in [0.717, 1.165) is 38.5 Å². The van der Waals surface area contributed by atoms with Crippen LogP contribution < -0.4 is 10.1 Å². The smallest absolute Gasteiger partial charge is 0.410 e. The molecule has 2 unspecified atom stereocenters. The average Bonchev–Trinajstić information content (AvgIpc) is 3.45. The number of sulfonamides is 1. The molecule has 6 rings (SSSR count). The lowest BCUT2D eigenvalue weighted by Crippen LogP contribution is -2.55. The van der Waals surface area contributed by atoms with Crippen LogP contribution in [0.3, 0.4) is 0 Å². The predicted octanol–water partition coefficient (Wildman–Crippen LogP) is 5.19. The van der Waals surface area contributed by atoms with Crippen molar-refractivity contribution in [2.45, 2.75) is 70.3 Å². The number of fused-ring (bicyclic) bond motifs is 4. The van der Waals surface area contributed by atoms with Crippen LogP contribution in [0.4, 0.5) is 10.5 Å². The van der Waals surface area contributed by atoms with E-state index in [2.05, 4.69) is 43.4 Å². The van der Waals surface area contributed by atoms with Crippen molar-refractivity contribution in [2.24, 2.45) is 16.7 Å². The maximum atomic E-state index is 14.0. The summed E-state index contributed by atoms with van der Waals surface area (Å²) in [5.41, 5.74) is 1.94. The summed E-state index contributed by atoms with van der Waals surface area (Å²) in [5.74, 6) is 0.519. The summed E-state index contributed by atoms with van der Waals surface area (Å²) >= 11 is 0. The van der Waals surface area contributed by atoms with E-state index in [1.807, 2.05) is 0 Å².